The number of amides is 2. The molecule has 0 radical (unpaired) electrons. The summed E-state index contributed by atoms with van der Waals surface area (Å²) < 4.78 is 11.2. The molecule has 9 heteroatoms. The van der Waals surface area contributed by atoms with Crippen molar-refractivity contribution < 1.29 is 19.1 Å². The molecule has 33 heavy (non-hydrogen) atoms. The zero-order valence-corrected chi connectivity index (χ0v) is 18.8. The third kappa shape index (κ3) is 4.49. The highest BCUT2D eigenvalue weighted by atomic mass is 32.1. The van der Waals surface area contributed by atoms with Gasteiger partial charge < -0.3 is 25.4 Å². The molecular weight excluding hydrogens is 440 g/mol. The average molecular weight is 465 g/mol. The Hall–Kier alpha value is -3.59. The van der Waals surface area contributed by atoms with Crippen molar-refractivity contribution in [3.8, 4) is 21.9 Å². The largest absolute Gasteiger partial charge is 0.486 e. The molecule has 8 nitrogen and oxygen atoms in total. The second kappa shape index (κ2) is 9.11. The van der Waals surface area contributed by atoms with Crippen molar-refractivity contribution in [3.05, 3.63) is 59.8 Å². The van der Waals surface area contributed by atoms with E-state index in [0.29, 0.717) is 54.2 Å². The van der Waals surface area contributed by atoms with Crippen molar-refractivity contribution in [2.45, 2.75) is 18.9 Å². The summed E-state index contributed by atoms with van der Waals surface area (Å²) in [6, 6.07) is 15.1. The van der Waals surface area contributed by atoms with Gasteiger partial charge in [0, 0.05) is 19.1 Å². The summed E-state index contributed by atoms with van der Waals surface area (Å²) in [7, 11) is 0. The van der Waals surface area contributed by atoms with Gasteiger partial charge in [-0.15, -0.1) is 0 Å². The molecule has 0 atom stereocenters. The van der Waals surface area contributed by atoms with Crippen LogP contribution in [0.2, 0.25) is 0 Å². The van der Waals surface area contributed by atoms with Crippen LogP contribution >= 0.6 is 11.3 Å². The van der Waals surface area contributed by atoms with Crippen LogP contribution in [0.4, 0.5) is 5.13 Å². The Bertz CT molecular complexity index is 1180. The molecule has 170 valence electrons. The van der Waals surface area contributed by atoms with Gasteiger partial charge in [-0.05, 0) is 30.5 Å². The first-order valence-electron chi connectivity index (χ1n) is 10.9. The van der Waals surface area contributed by atoms with Gasteiger partial charge in [-0.25, -0.2) is 4.98 Å². The smallest absolute Gasteiger partial charge is 0.274 e. The van der Waals surface area contributed by atoms with Crippen LogP contribution in [0.25, 0.3) is 10.4 Å². The molecule has 5 rings (SSSR count). The van der Waals surface area contributed by atoms with E-state index in [1.54, 1.807) is 23.1 Å². The van der Waals surface area contributed by atoms with Crippen LogP contribution in [-0.2, 0) is 0 Å². The first-order valence-corrected chi connectivity index (χ1v) is 11.7. The Morgan fingerprint density at radius 2 is 1.88 bits per heavy atom. The van der Waals surface area contributed by atoms with E-state index in [9.17, 15) is 9.59 Å². The lowest BCUT2D eigenvalue weighted by molar-refractivity contribution is 0.0731. The van der Waals surface area contributed by atoms with Crippen molar-refractivity contribution in [2.75, 3.05) is 32.0 Å². The van der Waals surface area contributed by atoms with Gasteiger partial charge >= 0.3 is 0 Å². The minimum atomic E-state index is -0.261. The normalized spacial score (nSPS) is 14.5. The van der Waals surface area contributed by atoms with Gasteiger partial charge in [0.2, 0.25) is 0 Å². The summed E-state index contributed by atoms with van der Waals surface area (Å²) in [6.45, 7) is 1.56. The number of hydrogen-bond donors (Lipinski definition) is 2. The van der Waals surface area contributed by atoms with Gasteiger partial charge in [0.05, 0.1) is 10.4 Å². The standard InChI is InChI=1S/C24H24N4O4S/c25-24-27-19(21(33-24)15-5-2-1-3-6-15)23(30)28(16-9-10-16)12-11-26-22(29)17-7-4-8-18-20(17)32-14-13-31-18/h1-8,16H,9-14H2,(H2,25,27)(H,26,29). The van der Waals surface area contributed by atoms with Gasteiger partial charge in [-0.2, -0.15) is 0 Å². The molecule has 0 saturated heterocycles. The molecule has 1 aromatic heterocycles. The monoisotopic (exact) mass is 464 g/mol. The molecule has 0 bridgehead atoms. The van der Waals surface area contributed by atoms with E-state index in [1.165, 1.54) is 11.3 Å². The van der Waals surface area contributed by atoms with Crippen LogP contribution in [0.3, 0.4) is 0 Å². The van der Waals surface area contributed by atoms with E-state index in [0.717, 1.165) is 23.3 Å². The number of para-hydroxylation sites is 1. The van der Waals surface area contributed by atoms with Gasteiger partial charge in [-0.1, -0.05) is 47.7 Å². The number of nitrogens with zero attached hydrogens (tertiary/aromatic N) is 2. The lowest BCUT2D eigenvalue weighted by Gasteiger charge is -2.23. The summed E-state index contributed by atoms with van der Waals surface area (Å²) in [6.07, 6.45) is 1.88. The van der Waals surface area contributed by atoms with Crippen molar-refractivity contribution in [1.29, 1.82) is 0 Å². The second-order valence-electron chi connectivity index (χ2n) is 7.91. The van der Waals surface area contributed by atoms with Crippen LogP contribution in [0.5, 0.6) is 11.5 Å². The molecule has 2 amide bonds. The predicted octanol–water partition coefficient (Wildman–Crippen LogP) is 3.20. The quantitative estimate of drug-likeness (QED) is 0.556. The van der Waals surface area contributed by atoms with Crippen molar-refractivity contribution in [3.63, 3.8) is 0 Å². The third-order valence-electron chi connectivity index (χ3n) is 5.58. The molecular formula is C24H24N4O4S. The van der Waals surface area contributed by atoms with Crippen LogP contribution in [0, 0.1) is 0 Å². The number of thiazole rings is 1. The fourth-order valence-electron chi connectivity index (χ4n) is 3.88. The fourth-order valence-corrected chi connectivity index (χ4v) is 4.71. The molecule has 1 saturated carbocycles. The van der Waals surface area contributed by atoms with Crippen LogP contribution in [0.1, 0.15) is 33.7 Å². The maximum Gasteiger partial charge on any atom is 0.274 e. The number of nitrogen functional groups attached to an aromatic ring is 1. The second-order valence-corrected chi connectivity index (χ2v) is 8.94. The molecule has 0 spiro atoms. The van der Waals surface area contributed by atoms with Gasteiger partial charge in [0.1, 0.15) is 18.9 Å². The maximum absolute atomic E-state index is 13.4. The number of carbonyl (C=O) groups is 2. The van der Waals surface area contributed by atoms with Crippen LogP contribution in [0.15, 0.2) is 48.5 Å². The minimum absolute atomic E-state index is 0.155. The SMILES string of the molecule is Nc1nc(C(=O)N(CCNC(=O)c2cccc3c2OCCO3)C2CC2)c(-c2ccccc2)s1. The Labute approximate surface area is 195 Å². The molecule has 0 unspecified atom stereocenters. The number of fused-ring (bicyclic) bond motifs is 1. The highest BCUT2D eigenvalue weighted by Gasteiger charge is 2.35. The minimum Gasteiger partial charge on any atom is -0.486 e. The van der Waals surface area contributed by atoms with Gasteiger partial charge in [0.15, 0.2) is 16.6 Å². The summed E-state index contributed by atoms with van der Waals surface area (Å²) in [4.78, 5) is 33.1. The van der Waals surface area contributed by atoms with Crippen LogP contribution < -0.4 is 20.5 Å². The van der Waals surface area contributed by atoms with E-state index in [4.69, 9.17) is 15.2 Å². The fraction of sp³-hybridized carbons (Fsp3) is 0.292. The number of nitrogens with two attached hydrogens (primary N) is 1. The molecule has 3 aromatic rings. The Kier molecular flexibility index (Phi) is 5.87. The Morgan fingerprint density at radius 1 is 1.09 bits per heavy atom. The zero-order chi connectivity index (χ0) is 22.8. The van der Waals surface area contributed by atoms with Gasteiger partial charge in [0.25, 0.3) is 11.8 Å². The summed E-state index contributed by atoms with van der Waals surface area (Å²) >= 11 is 1.31. The van der Waals surface area contributed by atoms with Crippen molar-refractivity contribution in [1.82, 2.24) is 15.2 Å². The summed E-state index contributed by atoms with van der Waals surface area (Å²) in [5, 5.41) is 3.27. The number of carbonyl (C=O) groups excluding carboxylic acids is 2. The first-order chi connectivity index (χ1) is 16.1. The topological polar surface area (TPSA) is 107 Å². The predicted molar refractivity (Wildman–Crippen MR) is 126 cm³/mol. The lowest BCUT2D eigenvalue weighted by atomic mass is 10.1. The van der Waals surface area contributed by atoms with Crippen molar-refractivity contribution in [2.24, 2.45) is 0 Å². The summed E-state index contributed by atoms with van der Waals surface area (Å²) in [5.41, 5.74) is 7.67. The number of nitrogens with one attached hydrogen (secondary N) is 1. The highest BCUT2D eigenvalue weighted by molar-refractivity contribution is 7.19. The van der Waals surface area contributed by atoms with E-state index in [2.05, 4.69) is 10.3 Å². The van der Waals surface area contributed by atoms with Gasteiger partial charge in [-0.3, -0.25) is 9.59 Å². The molecule has 2 aromatic carbocycles. The van der Waals surface area contributed by atoms with E-state index in [-0.39, 0.29) is 17.9 Å². The lowest BCUT2D eigenvalue weighted by Crippen LogP contribution is -2.40. The number of rotatable bonds is 7. The maximum atomic E-state index is 13.4. The average Bonchev–Trinajstić information content (AvgIpc) is 3.61. The Balaban J connectivity index is 1.29. The third-order valence-corrected chi connectivity index (χ3v) is 6.51. The van der Waals surface area contributed by atoms with E-state index < -0.39 is 0 Å². The molecule has 1 aliphatic carbocycles. The molecule has 3 N–H and O–H groups in total. The Morgan fingerprint density at radius 3 is 2.67 bits per heavy atom. The van der Waals surface area contributed by atoms with Crippen molar-refractivity contribution >= 4 is 28.3 Å². The molecule has 1 fully saturated rings. The number of anilines is 1. The number of aromatic nitrogens is 1. The molecule has 2 heterocycles. The first kappa shape index (κ1) is 21.3. The molecule has 1 aliphatic heterocycles. The number of benzene rings is 2. The summed E-state index contributed by atoms with van der Waals surface area (Å²) in [5.74, 6) is 0.607. The zero-order valence-electron chi connectivity index (χ0n) is 18.0. The van der Waals surface area contributed by atoms with E-state index >= 15 is 0 Å². The van der Waals surface area contributed by atoms with E-state index in [1.807, 2.05) is 30.3 Å². The number of ether oxygens (including phenoxy) is 2. The molecule has 2 aliphatic rings. The highest BCUT2D eigenvalue weighted by Crippen LogP contribution is 2.35. The van der Waals surface area contributed by atoms with Crippen LogP contribution in [-0.4, -0.2) is 54.0 Å². The number of hydrogen-bond acceptors (Lipinski definition) is 7.